The molecule has 0 aromatic heterocycles. The summed E-state index contributed by atoms with van der Waals surface area (Å²) in [6.45, 7) is 3.93. The topological polar surface area (TPSA) is 185 Å². The lowest BCUT2D eigenvalue weighted by Gasteiger charge is -2.10. The summed E-state index contributed by atoms with van der Waals surface area (Å²) in [6.07, 6.45) is 1.63. The molecular formula is C20H24O10. The number of phenols is 6. The normalized spacial score (nSPS) is 10.1. The summed E-state index contributed by atoms with van der Waals surface area (Å²) in [4.78, 5) is 22.1. The molecule has 0 radical (unpaired) electrons. The van der Waals surface area contributed by atoms with E-state index >= 15 is 0 Å². The molecule has 0 aliphatic rings. The number of aromatic hydroxyl groups is 6. The van der Waals surface area contributed by atoms with Crippen LogP contribution in [0.2, 0.25) is 0 Å². The van der Waals surface area contributed by atoms with E-state index in [1.807, 2.05) is 13.8 Å². The molecule has 0 saturated carbocycles. The van der Waals surface area contributed by atoms with Crippen LogP contribution in [0.15, 0.2) is 18.2 Å². The van der Waals surface area contributed by atoms with Crippen LogP contribution in [-0.2, 0) is 11.2 Å². The molecule has 10 nitrogen and oxygen atoms in total. The molecule has 2 rings (SSSR count). The molecule has 10 heteroatoms. The van der Waals surface area contributed by atoms with Gasteiger partial charge in [-0.15, -0.1) is 0 Å². The number of aromatic carboxylic acids is 1. The molecule has 0 bridgehead atoms. The lowest BCUT2D eigenvalue weighted by Crippen LogP contribution is -2.05. The van der Waals surface area contributed by atoms with Crippen LogP contribution in [0.4, 0.5) is 0 Å². The molecule has 2 aromatic rings. The first-order valence-corrected chi connectivity index (χ1v) is 8.97. The van der Waals surface area contributed by atoms with Crippen LogP contribution in [-0.4, -0.2) is 54.3 Å². The van der Waals surface area contributed by atoms with E-state index in [4.69, 9.17) is 30.3 Å². The van der Waals surface area contributed by atoms with E-state index in [9.17, 15) is 19.8 Å². The number of hydrogen-bond donors (Lipinski definition) is 7. The van der Waals surface area contributed by atoms with Gasteiger partial charge in [0.05, 0.1) is 17.7 Å². The van der Waals surface area contributed by atoms with Crippen LogP contribution in [0.1, 0.15) is 53.0 Å². The Morgan fingerprint density at radius 2 is 1.33 bits per heavy atom. The molecule has 7 N–H and O–H groups in total. The van der Waals surface area contributed by atoms with Crippen molar-refractivity contribution in [3.05, 3.63) is 34.9 Å². The van der Waals surface area contributed by atoms with Crippen LogP contribution in [0, 0.1) is 0 Å². The summed E-state index contributed by atoms with van der Waals surface area (Å²) in [7, 11) is 0. The van der Waals surface area contributed by atoms with Gasteiger partial charge in [0, 0.05) is 5.56 Å². The second-order valence-electron chi connectivity index (χ2n) is 6.17. The van der Waals surface area contributed by atoms with E-state index in [-0.39, 0.29) is 23.3 Å². The highest BCUT2D eigenvalue weighted by atomic mass is 16.5. The first-order chi connectivity index (χ1) is 14.0. The fraction of sp³-hybridized carbons (Fsp3) is 0.300. The number of ether oxygens (including phenoxy) is 1. The summed E-state index contributed by atoms with van der Waals surface area (Å²) in [5, 5.41) is 64.0. The van der Waals surface area contributed by atoms with Gasteiger partial charge in [-0.3, -0.25) is 0 Å². The quantitative estimate of drug-likeness (QED) is 0.268. The summed E-state index contributed by atoms with van der Waals surface area (Å²) in [5.41, 5.74) is -0.0544. The summed E-state index contributed by atoms with van der Waals surface area (Å²) in [6, 6.07) is 3.00. The number of hydrogen-bond acceptors (Lipinski definition) is 9. The van der Waals surface area contributed by atoms with Gasteiger partial charge < -0.3 is 40.5 Å². The Morgan fingerprint density at radius 3 is 1.80 bits per heavy atom. The Labute approximate surface area is 171 Å². The summed E-state index contributed by atoms with van der Waals surface area (Å²) >= 11 is 0. The average Bonchev–Trinajstić information content (AvgIpc) is 2.70. The van der Waals surface area contributed by atoms with Crippen molar-refractivity contribution in [1.29, 1.82) is 0 Å². The van der Waals surface area contributed by atoms with Crippen LogP contribution in [0.5, 0.6) is 34.5 Å². The molecule has 0 unspecified atom stereocenters. The van der Waals surface area contributed by atoms with Crippen molar-refractivity contribution in [3.63, 3.8) is 0 Å². The third kappa shape index (κ3) is 5.84. The average molecular weight is 424 g/mol. The van der Waals surface area contributed by atoms with Crippen molar-refractivity contribution < 1.29 is 50.1 Å². The lowest BCUT2D eigenvalue weighted by molar-refractivity contribution is 0.0503. The Balaban J connectivity index is 0.000000300. The third-order valence-electron chi connectivity index (χ3n) is 3.83. The van der Waals surface area contributed by atoms with Crippen molar-refractivity contribution in [2.75, 3.05) is 6.61 Å². The first kappa shape index (κ1) is 24.2. The fourth-order valence-corrected chi connectivity index (χ4v) is 2.38. The van der Waals surface area contributed by atoms with Crippen LogP contribution in [0.3, 0.4) is 0 Å². The molecule has 0 aliphatic heterocycles. The Bertz CT molecular complexity index is 897. The van der Waals surface area contributed by atoms with E-state index in [0.717, 1.165) is 18.2 Å². The Kier molecular flexibility index (Phi) is 8.60. The van der Waals surface area contributed by atoms with E-state index in [2.05, 4.69) is 0 Å². The number of phenolic OH excluding ortho intramolecular Hbond substituents is 6. The Morgan fingerprint density at radius 1 is 0.800 bits per heavy atom. The minimum absolute atomic E-state index is 0.00347. The second kappa shape index (κ2) is 10.6. The number of rotatable bonds is 6. The molecule has 0 amide bonds. The van der Waals surface area contributed by atoms with Gasteiger partial charge in [0.2, 0.25) is 5.75 Å². The zero-order valence-electron chi connectivity index (χ0n) is 16.4. The predicted molar refractivity (Wildman–Crippen MR) is 104 cm³/mol. The highest BCUT2D eigenvalue weighted by Gasteiger charge is 2.20. The van der Waals surface area contributed by atoms with Gasteiger partial charge in [-0.2, -0.15) is 0 Å². The van der Waals surface area contributed by atoms with E-state index in [1.54, 1.807) is 0 Å². The van der Waals surface area contributed by atoms with Gasteiger partial charge in [0.1, 0.15) is 0 Å². The molecule has 0 spiro atoms. The maximum Gasteiger partial charge on any atom is 0.338 e. The highest BCUT2D eigenvalue weighted by molar-refractivity contribution is 5.92. The van der Waals surface area contributed by atoms with Crippen LogP contribution >= 0.6 is 0 Å². The standard InChI is InChI=1S/2C10H12O5/c1-2-3-15-10(14)6-4-7(11)9(13)8(12)5-6;1-2-3-5-6(10(14)15)4-7(11)9(13)8(5)12/h4-5,11-13H,2-3H2,1H3;4,11-13H,2-3H2,1H3,(H,14,15). The number of carboxylic acids is 1. The predicted octanol–water partition coefficient (Wildman–Crippen LogP) is 2.82. The molecule has 164 valence electrons. The van der Waals surface area contributed by atoms with Crippen LogP contribution in [0.25, 0.3) is 0 Å². The van der Waals surface area contributed by atoms with E-state index in [0.29, 0.717) is 19.3 Å². The highest BCUT2D eigenvalue weighted by Crippen LogP contribution is 2.40. The van der Waals surface area contributed by atoms with Gasteiger partial charge >= 0.3 is 11.9 Å². The number of carbonyl (C=O) groups is 2. The van der Waals surface area contributed by atoms with E-state index in [1.165, 1.54) is 0 Å². The number of carboxylic acid groups (broad SMARTS) is 1. The van der Waals surface area contributed by atoms with Gasteiger partial charge in [-0.25, -0.2) is 9.59 Å². The van der Waals surface area contributed by atoms with Crippen molar-refractivity contribution in [3.8, 4) is 34.5 Å². The van der Waals surface area contributed by atoms with Gasteiger partial charge in [0.25, 0.3) is 0 Å². The van der Waals surface area contributed by atoms with Crippen molar-refractivity contribution in [2.45, 2.75) is 33.1 Å². The molecule has 30 heavy (non-hydrogen) atoms. The summed E-state index contributed by atoms with van der Waals surface area (Å²) < 4.78 is 4.78. The SMILES string of the molecule is CCCOC(=O)c1cc(O)c(O)c(O)c1.CCCc1c(C(=O)O)cc(O)c(O)c1O. The largest absolute Gasteiger partial charge is 0.504 e. The smallest absolute Gasteiger partial charge is 0.338 e. The second-order valence-corrected chi connectivity index (χ2v) is 6.17. The number of carbonyl (C=O) groups excluding carboxylic acids is 1. The fourth-order valence-electron chi connectivity index (χ4n) is 2.38. The first-order valence-electron chi connectivity index (χ1n) is 8.97. The van der Waals surface area contributed by atoms with E-state index < -0.39 is 46.4 Å². The maximum atomic E-state index is 11.3. The zero-order chi connectivity index (χ0) is 23.0. The number of esters is 1. The van der Waals surface area contributed by atoms with Gasteiger partial charge in [-0.1, -0.05) is 20.3 Å². The molecule has 0 fully saturated rings. The molecule has 0 heterocycles. The number of benzene rings is 2. The lowest BCUT2D eigenvalue weighted by atomic mass is 10.0. The van der Waals surface area contributed by atoms with Crippen molar-refractivity contribution >= 4 is 11.9 Å². The van der Waals surface area contributed by atoms with Crippen molar-refractivity contribution in [1.82, 2.24) is 0 Å². The molecule has 2 aromatic carbocycles. The van der Waals surface area contributed by atoms with Crippen LogP contribution < -0.4 is 0 Å². The minimum Gasteiger partial charge on any atom is -0.504 e. The molecule has 0 aliphatic carbocycles. The third-order valence-corrected chi connectivity index (χ3v) is 3.83. The van der Waals surface area contributed by atoms with Gasteiger partial charge in [-0.05, 0) is 31.0 Å². The molecule has 0 saturated heterocycles. The monoisotopic (exact) mass is 424 g/mol. The van der Waals surface area contributed by atoms with Crippen molar-refractivity contribution in [2.24, 2.45) is 0 Å². The Hall–Kier alpha value is -3.82. The maximum absolute atomic E-state index is 11.3. The molecule has 0 atom stereocenters. The summed E-state index contributed by atoms with van der Waals surface area (Å²) in [5.74, 6) is -5.53. The van der Waals surface area contributed by atoms with Gasteiger partial charge in [0.15, 0.2) is 28.7 Å². The zero-order valence-corrected chi connectivity index (χ0v) is 16.4. The minimum atomic E-state index is -1.25. The molecular weight excluding hydrogens is 400 g/mol.